The molecule has 2 rings (SSSR count). The highest BCUT2D eigenvalue weighted by Gasteiger charge is 2.41. The number of ether oxygens (including phenoxy) is 1. The Morgan fingerprint density at radius 1 is 1.30 bits per heavy atom. The number of hydrogen-bond donors (Lipinski definition) is 3. The van der Waals surface area contributed by atoms with Crippen LogP contribution in [0.5, 0.6) is 11.5 Å². The number of ketones is 1. The van der Waals surface area contributed by atoms with Crippen molar-refractivity contribution in [3.05, 3.63) is 35.4 Å². The highest BCUT2D eigenvalue weighted by atomic mass is 16.5. The lowest BCUT2D eigenvalue weighted by molar-refractivity contribution is -0.150. The van der Waals surface area contributed by atoms with Crippen LogP contribution < -0.4 is 0 Å². The van der Waals surface area contributed by atoms with Crippen molar-refractivity contribution in [1.82, 2.24) is 0 Å². The number of aliphatic hydroxyl groups excluding tert-OH is 1. The van der Waals surface area contributed by atoms with Gasteiger partial charge in [0.25, 0.3) is 0 Å². The summed E-state index contributed by atoms with van der Waals surface area (Å²) in [7, 11) is 1.25. The molecule has 1 aliphatic carbocycles. The number of benzene rings is 1. The number of hydrogen-bond acceptors (Lipinski definition) is 6. The van der Waals surface area contributed by atoms with E-state index in [2.05, 4.69) is 0 Å². The molecule has 124 valence electrons. The van der Waals surface area contributed by atoms with Gasteiger partial charge in [-0.25, -0.2) is 0 Å². The number of phenols is 2. The van der Waals surface area contributed by atoms with Crippen molar-refractivity contribution >= 4 is 11.8 Å². The average Bonchev–Trinajstić information content (AvgIpc) is 2.56. The fraction of sp³-hybridized carbons (Fsp3) is 0.412. The number of carbonyl (C=O) groups is 2. The number of methoxy groups -OCH3 is 1. The molecule has 0 spiro atoms. The lowest BCUT2D eigenvalue weighted by Gasteiger charge is -2.32. The van der Waals surface area contributed by atoms with Gasteiger partial charge < -0.3 is 20.1 Å². The van der Waals surface area contributed by atoms with E-state index in [9.17, 15) is 24.9 Å². The Labute approximate surface area is 134 Å². The fourth-order valence-electron chi connectivity index (χ4n) is 3.00. The molecule has 3 N–H and O–H groups in total. The maximum atomic E-state index is 12.5. The summed E-state index contributed by atoms with van der Waals surface area (Å²) in [5.41, 5.74) is -0.507. The van der Waals surface area contributed by atoms with Gasteiger partial charge >= 0.3 is 5.97 Å². The van der Waals surface area contributed by atoms with Crippen LogP contribution >= 0.6 is 0 Å². The molecule has 0 saturated heterocycles. The maximum Gasteiger partial charge on any atom is 0.316 e. The van der Waals surface area contributed by atoms with E-state index in [1.807, 2.05) is 0 Å². The van der Waals surface area contributed by atoms with E-state index in [4.69, 9.17) is 4.74 Å². The monoisotopic (exact) mass is 320 g/mol. The van der Waals surface area contributed by atoms with Gasteiger partial charge in [0.15, 0.2) is 5.78 Å². The van der Waals surface area contributed by atoms with Gasteiger partial charge in [0.2, 0.25) is 0 Å². The Kier molecular flexibility index (Phi) is 5.05. The maximum absolute atomic E-state index is 12.5. The minimum Gasteiger partial charge on any atom is -0.508 e. The van der Waals surface area contributed by atoms with Crippen molar-refractivity contribution in [1.29, 1.82) is 0 Å². The summed E-state index contributed by atoms with van der Waals surface area (Å²) in [6.07, 6.45) is 3.16. The van der Waals surface area contributed by atoms with Crippen LogP contribution in [-0.4, -0.2) is 40.8 Å². The van der Waals surface area contributed by atoms with Gasteiger partial charge in [0, 0.05) is 6.42 Å². The van der Waals surface area contributed by atoms with E-state index in [1.54, 1.807) is 6.08 Å². The SMILES string of the molecule is COC(=O)C1(CC(=O)c2cc(O)ccc2O)C=C(CO)CCC1. The highest BCUT2D eigenvalue weighted by molar-refractivity contribution is 6.02. The number of carbonyl (C=O) groups excluding carboxylic acids is 2. The van der Waals surface area contributed by atoms with Crippen LogP contribution in [-0.2, 0) is 9.53 Å². The second-order valence-corrected chi connectivity index (χ2v) is 5.76. The van der Waals surface area contributed by atoms with Gasteiger partial charge in [0.1, 0.15) is 11.5 Å². The number of rotatable bonds is 5. The third-order valence-corrected chi connectivity index (χ3v) is 4.15. The van der Waals surface area contributed by atoms with E-state index in [1.165, 1.54) is 25.3 Å². The zero-order valence-corrected chi connectivity index (χ0v) is 12.9. The number of Topliss-reactive ketones (excluding diaryl/α,β-unsaturated/α-hetero) is 1. The van der Waals surface area contributed by atoms with E-state index < -0.39 is 17.2 Å². The Morgan fingerprint density at radius 3 is 2.70 bits per heavy atom. The highest BCUT2D eigenvalue weighted by Crippen LogP contribution is 2.40. The molecule has 0 heterocycles. The standard InChI is InChI=1S/C17H20O6/c1-23-16(22)17(6-2-3-11(8-17)10-18)9-15(21)13-7-12(19)4-5-14(13)20/h4-5,7-8,18-20H,2-3,6,9-10H2,1H3. The summed E-state index contributed by atoms with van der Waals surface area (Å²) in [6, 6.07) is 3.66. The zero-order valence-electron chi connectivity index (χ0n) is 12.9. The Morgan fingerprint density at radius 2 is 2.04 bits per heavy atom. The van der Waals surface area contributed by atoms with Gasteiger partial charge in [-0.05, 0) is 43.0 Å². The van der Waals surface area contributed by atoms with Gasteiger partial charge in [-0.2, -0.15) is 0 Å². The molecule has 0 amide bonds. The first-order valence-corrected chi connectivity index (χ1v) is 7.37. The molecule has 0 saturated carbocycles. The molecule has 0 fully saturated rings. The Bertz CT molecular complexity index is 648. The van der Waals surface area contributed by atoms with Crippen LogP contribution in [0.4, 0.5) is 0 Å². The van der Waals surface area contributed by atoms with Crippen LogP contribution in [0, 0.1) is 5.41 Å². The summed E-state index contributed by atoms with van der Waals surface area (Å²) in [5.74, 6) is -1.42. The van der Waals surface area contributed by atoms with Gasteiger partial charge in [-0.1, -0.05) is 6.08 Å². The molecule has 0 radical (unpaired) electrons. The third kappa shape index (κ3) is 3.53. The van der Waals surface area contributed by atoms with Crippen LogP contribution in [0.2, 0.25) is 0 Å². The van der Waals surface area contributed by atoms with Crippen LogP contribution in [0.1, 0.15) is 36.0 Å². The van der Waals surface area contributed by atoms with Gasteiger partial charge in [-0.3, -0.25) is 9.59 Å². The Hall–Kier alpha value is -2.34. The van der Waals surface area contributed by atoms with Crippen molar-refractivity contribution in [3.8, 4) is 11.5 Å². The largest absolute Gasteiger partial charge is 0.508 e. The second kappa shape index (κ2) is 6.83. The molecule has 0 aliphatic heterocycles. The van der Waals surface area contributed by atoms with Crippen molar-refractivity contribution in [2.24, 2.45) is 5.41 Å². The molecular weight excluding hydrogens is 300 g/mol. The lowest BCUT2D eigenvalue weighted by atomic mass is 9.72. The molecule has 0 aromatic heterocycles. The van der Waals surface area contributed by atoms with Crippen molar-refractivity contribution in [2.45, 2.75) is 25.7 Å². The molecule has 23 heavy (non-hydrogen) atoms. The molecule has 1 atom stereocenters. The van der Waals surface area contributed by atoms with E-state index in [0.29, 0.717) is 24.8 Å². The summed E-state index contributed by atoms with van der Waals surface area (Å²) in [4.78, 5) is 24.8. The zero-order chi connectivity index (χ0) is 17.0. The minimum atomic E-state index is -1.15. The molecule has 6 nitrogen and oxygen atoms in total. The molecule has 6 heteroatoms. The molecule has 1 unspecified atom stereocenters. The van der Waals surface area contributed by atoms with E-state index >= 15 is 0 Å². The van der Waals surface area contributed by atoms with Crippen LogP contribution in [0.25, 0.3) is 0 Å². The number of aromatic hydroxyl groups is 2. The molecule has 1 aromatic carbocycles. The molecule has 1 aliphatic rings. The summed E-state index contributed by atoms with van der Waals surface area (Å²) >= 11 is 0. The van der Waals surface area contributed by atoms with E-state index in [0.717, 1.165) is 0 Å². The molecular formula is C17H20O6. The first-order valence-electron chi connectivity index (χ1n) is 7.37. The normalized spacial score (nSPS) is 20.7. The van der Waals surface area contributed by atoms with Gasteiger partial charge in [-0.15, -0.1) is 0 Å². The number of phenolic OH excluding ortho intramolecular Hbond substituents is 2. The summed E-state index contributed by atoms with van der Waals surface area (Å²) in [5, 5.41) is 28.6. The first kappa shape index (κ1) is 17.0. The van der Waals surface area contributed by atoms with Crippen LogP contribution in [0.3, 0.4) is 0 Å². The summed E-state index contributed by atoms with van der Waals surface area (Å²) in [6.45, 7) is -0.176. The number of esters is 1. The van der Waals surface area contributed by atoms with E-state index in [-0.39, 0.29) is 30.1 Å². The fourth-order valence-corrected chi connectivity index (χ4v) is 3.00. The smallest absolute Gasteiger partial charge is 0.316 e. The van der Waals surface area contributed by atoms with Crippen LogP contribution in [0.15, 0.2) is 29.8 Å². The van der Waals surface area contributed by atoms with Gasteiger partial charge in [0.05, 0.1) is 24.7 Å². The van der Waals surface area contributed by atoms with Crippen molar-refractivity contribution in [3.63, 3.8) is 0 Å². The quantitative estimate of drug-likeness (QED) is 0.331. The third-order valence-electron chi connectivity index (χ3n) is 4.15. The number of aliphatic hydroxyl groups is 1. The van der Waals surface area contributed by atoms with Crippen molar-refractivity contribution < 1.29 is 29.6 Å². The van der Waals surface area contributed by atoms with Crippen molar-refractivity contribution in [2.75, 3.05) is 13.7 Å². The summed E-state index contributed by atoms with van der Waals surface area (Å²) < 4.78 is 4.85. The topological polar surface area (TPSA) is 104 Å². The molecule has 0 bridgehead atoms. The predicted octanol–water partition coefficient (Wildman–Crippen LogP) is 1.93. The first-order chi connectivity index (χ1) is 10.9. The predicted molar refractivity (Wildman–Crippen MR) is 82.2 cm³/mol. The Balaban J connectivity index is 2.37. The molecule has 1 aromatic rings. The minimum absolute atomic E-state index is 0.0437. The second-order valence-electron chi connectivity index (χ2n) is 5.76. The average molecular weight is 320 g/mol. The lowest BCUT2D eigenvalue weighted by Crippen LogP contribution is -2.35.